The van der Waals surface area contributed by atoms with E-state index in [1.54, 1.807) is 6.20 Å². The molecular weight excluding hydrogens is 312 g/mol. The molecule has 136 valence electrons. The first-order valence-corrected chi connectivity index (χ1v) is 7.87. The zero-order chi connectivity index (χ0) is 18.3. The van der Waals surface area contributed by atoms with Gasteiger partial charge in [0.2, 0.25) is 0 Å². The molecule has 1 amide bonds. The van der Waals surface area contributed by atoms with E-state index in [0.717, 1.165) is 12.8 Å². The van der Waals surface area contributed by atoms with E-state index in [-0.39, 0.29) is 0 Å². The number of nitrogens with one attached hydrogen (secondary N) is 4. The van der Waals surface area contributed by atoms with Crippen LogP contribution < -0.4 is 16.0 Å². The summed E-state index contributed by atoms with van der Waals surface area (Å²) < 4.78 is 5.12. The maximum Gasteiger partial charge on any atom is 0.407 e. The molecule has 10 nitrogen and oxygen atoms in total. The molecule has 0 aliphatic carbocycles. The molecule has 0 rings (SSSR count). The van der Waals surface area contributed by atoms with E-state index >= 15 is 0 Å². The molecule has 0 aromatic rings. The highest BCUT2D eigenvalue weighted by molar-refractivity contribution is 5.67. The number of hydrogen-bond donors (Lipinski definition) is 4. The standard InChI is InChI=1S/C14H28N8O2/c1-14(2,3)24-13(23)19-8-4-6-17-10-12(21-15)11-18-7-5-9-20-22-16/h10,15,17-18H,4-9,11H2,1-3H3,(H,19,23)/b12-10-,21-15?. The number of carbonyl (C=O) groups excluding carboxylic acids is 1. The van der Waals surface area contributed by atoms with E-state index < -0.39 is 11.7 Å². The van der Waals surface area contributed by atoms with Crippen LogP contribution in [0.1, 0.15) is 33.6 Å². The smallest absolute Gasteiger partial charge is 0.407 e. The number of azide groups is 1. The Labute approximate surface area is 142 Å². The first-order valence-electron chi connectivity index (χ1n) is 7.87. The molecule has 0 unspecified atom stereocenters. The van der Waals surface area contributed by atoms with Crippen molar-refractivity contribution in [2.75, 3.05) is 32.7 Å². The van der Waals surface area contributed by atoms with Crippen LogP contribution >= 0.6 is 0 Å². The van der Waals surface area contributed by atoms with Crippen LogP contribution in [0.4, 0.5) is 4.79 Å². The average molecular weight is 340 g/mol. The van der Waals surface area contributed by atoms with E-state index in [1.165, 1.54) is 0 Å². The van der Waals surface area contributed by atoms with Gasteiger partial charge in [-0.15, -0.1) is 0 Å². The Morgan fingerprint density at radius 2 is 2.04 bits per heavy atom. The van der Waals surface area contributed by atoms with Gasteiger partial charge in [-0.1, -0.05) is 5.11 Å². The molecule has 24 heavy (non-hydrogen) atoms. The number of ether oxygens (including phenoxy) is 1. The van der Waals surface area contributed by atoms with Gasteiger partial charge in [0.05, 0.1) is 5.70 Å². The quantitative estimate of drug-likeness (QED) is 0.187. The third-order valence-electron chi connectivity index (χ3n) is 2.56. The van der Waals surface area contributed by atoms with Crippen LogP contribution in [0.15, 0.2) is 22.1 Å². The number of hydrogen-bond acceptors (Lipinski definition) is 7. The predicted octanol–water partition coefficient (Wildman–Crippen LogP) is 2.65. The summed E-state index contributed by atoms with van der Waals surface area (Å²) in [5.41, 5.74) is 15.3. The van der Waals surface area contributed by atoms with Gasteiger partial charge in [-0.05, 0) is 45.7 Å². The SMILES string of the molecule is CC(C)(C)OC(=O)NCCCN/C=C(/CNCCCN=[N+]=[N-])N=N. The molecule has 10 heteroatoms. The maximum absolute atomic E-state index is 11.4. The van der Waals surface area contributed by atoms with Crippen LogP contribution in [0, 0.1) is 5.53 Å². The largest absolute Gasteiger partial charge is 0.444 e. The van der Waals surface area contributed by atoms with Crippen LogP contribution in [0.3, 0.4) is 0 Å². The molecule has 4 N–H and O–H groups in total. The van der Waals surface area contributed by atoms with Gasteiger partial charge in [0, 0.05) is 37.3 Å². The van der Waals surface area contributed by atoms with Gasteiger partial charge in [-0.25, -0.2) is 10.3 Å². The lowest BCUT2D eigenvalue weighted by atomic mass is 10.2. The van der Waals surface area contributed by atoms with Crippen LogP contribution in [0.2, 0.25) is 0 Å². The van der Waals surface area contributed by atoms with Crippen molar-refractivity contribution < 1.29 is 9.53 Å². The maximum atomic E-state index is 11.4. The molecule has 0 fully saturated rings. The van der Waals surface area contributed by atoms with Crippen molar-refractivity contribution in [3.63, 3.8) is 0 Å². The first-order chi connectivity index (χ1) is 11.4. The third-order valence-corrected chi connectivity index (χ3v) is 2.56. The Kier molecular flexibility index (Phi) is 11.9. The average Bonchev–Trinajstić information content (AvgIpc) is 2.50. The normalized spacial score (nSPS) is 11.4. The van der Waals surface area contributed by atoms with Gasteiger partial charge in [0.1, 0.15) is 5.60 Å². The molecule has 0 radical (unpaired) electrons. The Morgan fingerprint density at radius 1 is 1.29 bits per heavy atom. The number of alkyl carbamates (subject to hydrolysis) is 1. The summed E-state index contributed by atoms with van der Waals surface area (Å²) in [6.45, 7) is 8.19. The van der Waals surface area contributed by atoms with Crippen molar-refractivity contribution in [2.24, 2.45) is 10.2 Å². The van der Waals surface area contributed by atoms with E-state index in [2.05, 4.69) is 31.1 Å². The van der Waals surface area contributed by atoms with Gasteiger partial charge >= 0.3 is 6.09 Å². The lowest BCUT2D eigenvalue weighted by Gasteiger charge is -2.19. The Hall–Kier alpha value is -2.32. The number of amides is 1. The fourth-order valence-corrected chi connectivity index (χ4v) is 1.54. The zero-order valence-electron chi connectivity index (χ0n) is 14.6. The summed E-state index contributed by atoms with van der Waals surface area (Å²) in [5, 5.41) is 15.7. The topological polar surface area (TPSA) is 147 Å². The monoisotopic (exact) mass is 340 g/mol. The molecule has 0 aromatic heterocycles. The van der Waals surface area contributed by atoms with Crippen molar-refractivity contribution in [1.82, 2.24) is 16.0 Å². The zero-order valence-corrected chi connectivity index (χ0v) is 14.6. The van der Waals surface area contributed by atoms with Gasteiger partial charge in [0.15, 0.2) is 0 Å². The summed E-state index contributed by atoms with van der Waals surface area (Å²) in [6.07, 6.45) is 2.70. The van der Waals surface area contributed by atoms with Gasteiger partial charge in [-0.2, -0.15) is 5.11 Å². The van der Waals surface area contributed by atoms with Crippen LogP contribution in [-0.4, -0.2) is 44.4 Å². The minimum atomic E-state index is -0.496. The van der Waals surface area contributed by atoms with E-state index in [4.69, 9.17) is 15.8 Å². The van der Waals surface area contributed by atoms with Crippen molar-refractivity contribution in [3.05, 3.63) is 22.3 Å². The summed E-state index contributed by atoms with van der Waals surface area (Å²) >= 11 is 0. The molecule has 0 aromatic carbocycles. The van der Waals surface area contributed by atoms with Crippen LogP contribution in [-0.2, 0) is 4.74 Å². The van der Waals surface area contributed by atoms with Gasteiger partial charge in [-0.3, -0.25) is 0 Å². The summed E-state index contributed by atoms with van der Waals surface area (Å²) in [7, 11) is 0. The fourth-order valence-electron chi connectivity index (χ4n) is 1.54. The summed E-state index contributed by atoms with van der Waals surface area (Å²) in [4.78, 5) is 14.1. The van der Waals surface area contributed by atoms with Crippen LogP contribution in [0.25, 0.3) is 10.4 Å². The van der Waals surface area contributed by atoms with Crippen molar-refractivity contribution >= 4 is 6.09 Å². The second-order valence-electron chi connectivity index (χ2n) is 5.97. The highest BCUT2D eigenvalue weighted by Crippen LogP contribution is 2.06. The highest BCUT2D eigenvalue weighted by Gasteiger charge is 2.15. The molecule has 0 aliphatic heterocycles. The van der Waals surface area contributed by atoms with E-state index in [0.29, 0.717) is 38.4 Å². The lowest BCUT2D eigenvalue weighted by Crippen LogP contribution is -2.33. The second-order valence-corrected chi connectivity index (χ2v) is 5.97. The molecule has 0 heterocycles. The molecular formula is C14H28N8O2. The second kappa shape index (κ2) is 13.1. The molecule has 0 saturated heterocycles. The Bertz CT molecular complexity index is 452. The minimum Gasteiger partial charge on any atom is -0.444 e. The highest BCUT2D eigenvalue weighted by atomic mass is 16.6. The molecule has 0 atom stereocenters. The molecule has 0 spiro atoms. The third kappa shape index (κ3) is 14.6. The van der Waals surface area contributed by atoms with E-state index in [9.17, 15) is 4.79 Å². The summed E-state index contributed by atoms with van der Waals surface area (Å²) in [5.74, 6) is 0. The van der Waals surface area contributed by atoms with E-state index in [1.807, 2.05) is 20.8 Å². The Balaban J connectivity index is 3.73. The lowest BCUT2D eigenvalue weighted by molar-refractivity contribution is 0.0527. The number of carbonyl (C=O) groups is 1. The van der Waals surface area contributed by atoms with Gasteiger partial charge < -0.3 is 20.7 Å². The molecule has 0 aliphatic rings. The molecule has 0 saturated carbocycles. The first kappa shape index (κ1) is 21.7. The number of rotatable bonds is 12. The van der Waals surface area contributed by atoms with Crippen molar-refractivity contribution in [3.8, 4) is 0 Å². The molecule has 0 bridgehead atoms. The van der Waals surface area contributed by atoms with Crippen LogP contribution in [0.5, 0.6) is 0 Å². The number of nitrogens with zero attached hydrogens (tertiary/aromatic N) is 4. The minimum absolute atomic E-state index is 0.426. The Morgan fingerprint density at radius 3 is 2.67 bits per heavy atom. The fraction of sp³-hybridized carbons (Fsp3) is 0.786. The summed E-state index contributed by atoms with van der Waals surface area (Å²) in [6, 6.07) is 0. The van der Waals surface area contributed by atoms with Crippen molar-refractivity contribution in [1.29, 1.82) is 5.53 Å². The van der Waals surface area contributed by atoms with Crippen molar-refractivity contribution in [2.45, 2.75) is 39.2 Å². The van der Waals surface area contributed by atoms with Gasteiger partial charge in [0.25, 0.3) is 0 Å². The predicted molar refractivity (Wildman–Crippen MR) is 91.6 cm³/mol.